The molecule has 1 saturated heterocycles. The molecule has 0 spiro atoms. The highest BCUT2D eigenvalue weighted by molar-refractivity contribution is 6.74. The van der Waals surface area contributed by atoms with E-state index < -0.39 is 28.5 Å². The first kappa shape index (κ1) is 43.3. The highest BCUT2D eigenvalue weighted by atomic mass is 28.4. The largest absolute Gasteiger partial charge is 0.413 e. The molecule has 0 aromatic heterocycles. The fraction of sp³-hybridized carbons (Fsp3) is 0.844. The second kappa shape index (κ2) is 15.5. The molecule has 302 valence electrons. The average Bonchev–Trinajstić information content (AvgIpc) is 3.58. The lowest BCUT2D eigenvalue weighted by Crippen LogP contribution is -2.49. The number of carbonyl (C=O) groups is 1. The Morgan fingerprint density at radius 1 is 0.962 bits per heavy atom. The summed E-state index contributed by atoms with van der Waals surface area (Å²) >= 11 is 0. The zero-order chi connectivity index (χ0) is 39.4. The molecule has 1 heterocycles. The molecule has 53 heavy (non-hydrogen) atoms. The zero-order valence-electron chi connectivity index (χ0n) is 36.2. The van der Waals surface area contributed by atoms with E-state index in [1.807, 2.05) is 6.92 Å². The predicted octanol–water partition coefficient (Wildman–Crippen LogP) is 11.5. The van der Waals surface area contributed by atoms with Gasteiger partial charge in [-0.05, 0) is 135 Å². The smallest absolute Gasteiger partial charge is 0.192 e. The van der Waals surface area contributed by atoms with Gasteiger partial charge in [-0.25, -0.2) is 0 Å². The van der Waals surface area contributed by atoms with Gasteiger partial charge in [-0.2, -0.15) is 0 Å². The van der Waals surface area contributed by atoms with Crippen LogP contribution < -0.4 is 0 Å². The van der Waals surface area contributed by atoms with Crippen LogP contribution in [0.15, 0.2) is 35.5 Å². The third-order valence-corrected chi connectivity index (χ3v) is 25.0. The molecule has 5 aliphatic rings. The summed E-state index contributed by atoms with van der Waals surface area (Å²) < 4.78 is 26.1. The van der Waals surface area contributed by atoms with Crippen LogP contribution in [0, 0.1) is 28.6 Å². The first-order valence-electron chi connectivity index (χ1n) is 21.3. The van der Waals surface area contributed by atoms with Crippen LogP contribution in [-0.2, 0) is 23.1 Å². The number of ketones is 1. The van der Waals surface area contributed by atoms with Crippen molar-refractivity contribution in [2.75, 3.05) is 13.2 Å². The van der Waals surface area contributed by atoms with Crippen LogP contribution in [0.1, 0.15) is 139 Å². The Kier molecular flexibility index (Phi) is 12.6. The lowest BCUT2D eigenvalue weighted by Gasteiger charge is -2.46. The van der Waals surface area contributed by atoms with Crippen molar-refractivity contribution in [1.29, 1.82) is 0 Å². The van der Waals surface area contributed by atoms with Crippen molar-refractivity contribution in [1.82, 2.24) is 0 Å². The fourth-order valence-corrected chi connectivity index (χ4v) is 12.6. The lowest BCUT2D eigenvalue weighted by atomic mass is 9.60. The minimum Gasteiger partial charge on any atom is -0.413 e. The maximum absolute atomic E-state index is 13.3. The second-order valence-corrected chi connectivity index (χ2v) is 31.0. The van der Waals surface area contributed by atoms with Gasteiger partial charge in [-0.1, -0.05) is 79.7 Å². The third kappa shape index (κ3) is 8.99. The number of rotatable bonds is 13. The molecule has 0 amide bonds. The van der Waals surface area contributed by atoms with Crippen molar-refractivity contribution >= 4 is 22.4 Å². The quantitative estimate of drug-likeness (QED) is 0.188. The highest BCUT2D eigenvalue weighted by Gasteiger charge is 2.60. The third-order valence-electron chi connectivity index (χ3n) is 16.0. The van der Waals surface area contributed by atoms with Gasteiger partial charge in [0.25, 0.3) is 0 Å². The molecule has 8 heteroatoms. The lowest BCUT2D eigenvalue weighted by molar-refractivity contribution is -0.194. The Morgan fingerprint density at radius 3 is 2.15 bits per heavy atom. The maximum Gasteiger partial charge on any atom is 0.192 e. The number of aliphatic hydroxyl groups excluding tert-OH is 1. The van der Waals surface area contributed by atoms with Gasteiger partial charge < -0.3 is 23.4 Å². The number of aliphatic hydroxyl groups is 1. The van der Waals surface area contributed by atoms with Gasteiger partial charge in [-0.3, -0.25) is 4.79 Å². The van der Waals surface area contributed by atoms with Gasteiger partial charge in [0.05, 0.1) is 31.5 Å². The number of hydrogen-bond donors (Lipinski definition) is 1. The molecule has 0 radical (unpaired) electrons. The van der Waals surface area contributed by atoms with Crippen LogP contribution in [-0.4, -0.2) is 64.8 Å². The molecule has 0 aromatic rings. The van der Waals surface area contributed by atoms with Gasteiger partial charge in [0.1, 0.15) is 5.78 Å². The summed E-state index contributed by atoms with van der Waals surface area (Å²) in [6, 6.07) is 0. The molecular weight excluding hydrogens is 693 g/mol. The summed E-state index contributed by atoms with van der Waals surface area (Å²) in [6.07, 6.45) is 15.4. The van der Waals surface area contributed by atoms with E-state index in [0.717, 1.165) is 56.9 Å². The van der Waals surface area contributed by atoms with Crippen LogP contribution in [0.2, 0.25) is 36.3 Å². The number of carbonyl (C=O) groups excluding carboxylic acids is 1. The van der Waals surface area contributed by atoms with Gasteiger partial charge in [0, 0.05) is 24.7 Å². The molecule has 5 fully saturated rings. The van der Waals surface area contributed by atoms with E-state index in [1.165, 1.54) is 18.4 Å². The number of fused-ring (bicyclic) bond motifs is 1. The molecule has 4 saturated carbocycles. The number of Topliss-reactive ketones (excluding diaryl/α,β-unsaturated/α-hetero) is 1. The van der Waals surface area contributed by atoms with Crippen LogP contribution in [0.5, 0.6) is 0 Å². The Bertz CT molecular complexity index is 1400. The summed E-state index contributed by atoms with van der Waals surface area (Å²) in [6.45, 7) is 36.0. The van der Waals surface area contributed by atoms with Crippen molar-refractivity contribution < 1.29 is 28.2 Å². The van der Waals surface area contributed by atoms with E-state index in [2.05, 4.69) is 100 Å². The molecule has 0 aromatic carbocycles. The van der Waals surface area contributed by atoms with Crippen LogP contribution in [0.25, 0.3) is 0 Å². The van der Waals surface area contributed by atoms with Crippen molar-refractivity contribution in [2.24, 2.45) is 28.6 Å². The fourth-order valence-electron chi connectivity index (χ4n) is 9.98. The van der Waals surface area contributed by atoms with E-state index in [4.69, 9.17) is 18.3 Å². The summed E-state index contributed by atoms with van der Waals surface area (Å²) in [5.74, 6) is 0.600. The van der Waals surface area contributed by atoms with Crippen molar-refractivity contribution in [2.45, 2.75) is 200 Å². The summed E-state index contributed by atoms with van der Waals surface area (Å²) in [4.78, 5) is 13.3. The Morgan fingerprint density at radius 2 is 1.57 bits per heavy atom. The molecule has 1 unspecified atom stereocenters. The van der Waals surface area contributed by atoms with Gasteiger partial charge in [0.2, 0.25) is 0 Å². The normalized spacial score (nSPS) is 33.3. The maximum atomic E-state index is 13.3. The summed E-state index contributed by atoms with van der Waals surface area (Å²) in [7, 11) is -4.01. The van der Waals surface area contributed by atoms with E-state index in [0.29, 0.717) is 31.5 Å². The zero-order valence-corrected chi connectivity index (χ0v) is 38.2. The molecule has 1 aliphatic heterocycles. The van der Waals surface area contributed by atoms with Crippen LogP contribution in [0.4, 0.5) is 0 Å². The van der Waals surface area contributed by atoms with E-state index in [9.17, 15) is 9.90 Å². The first-order chi connectivity index (χ1) is 24.3. The van der Waals surface area contributed by atoms with Crippen molar-refractivity contribution in [3.05, 3.63) is 35.5 Å². The highest BCUT2D eigenvalue weighted by Crippen LogP contribution is 2.61. The van der Waals surface area contributed by atoms with Gasteiger partial charge in [0.15, 0.2) is 22.4 Å². The number of hydrogen-bond acceptors (Lipinski definition) is 6. The van der Waals surface area contributed by atoms with Crippen LogP contribution >= 0.6 is 0 Å². The molecule has 0 bridgehead atoms. The molecule has 5 rings (SSSR count). The summed E-state index contributed by atoms with van der Waals surface area (Å²) in [5, 5.41) is 11.8. The Hall–Kier alpha value is -0.876. The van der Waals surface area contributed by atoms with E-state index in [-0.39, 0.29) is 51.2 Å². The minimum absolute atomic E-state index is 0.0242. The van der Waals surface area contributed by atoms with Gasteiger partial charge in [-0.15, -0.1) is 0 Å². The van der Waals surface area contributed by atoms with E-state index >= 15 is 0 Å². The van der Waals surface area contributed by atoms with Crippen LogP contribution in [0.3, 0.4) is 0 Å². The molecular formula is C45H78O6Si2. The monoisotopic (exact) mass is 771 g/mol. The Balaban J connectivity index is 1.28. The molecule has 1 N–H and O–H groups in total. The standard InChI is InChI=1S/C45H78O6Si2/c1-31-34(28-36(50-52(11,12)41(3,4)5)30-40(31)51-53(13,14)42(6,7)8)18-17-33-16-15-22-43(9)37(19-20-38(33)43)32(2)39(47)29-35(46)21-23-45(24-25-45)44(10)48-26-27-49-44/h17-18,32,36-40,47H,1,15-16,19-30H2,2-14H3/b33-17+,34-18-/t32-,36+,37+,38-,39?,40-,43+/m0/s1. The van der Waals surface area contributed by atoms with E-state index in [1.54, 1.807) is 5.57 Å². The molecule has 6 nitrogen and oxygen atoms in total. The second-order valence-electron chi connectivity index (χ2n) is 21.5. The minimum atomic E-state index is -2.03. The molecule has 7 atom stereocenters. The predicted molar refractivity (Wildman–Crippen MR) is 223 cm³/mol. The summed E-state index contributed by atoms with van der Waals surface area (Å²) in [5.41, 5.74) is 4.06. The first-order valence-corrected chi connectivity index (χ1v) is 27.1. The molecule has 4 aliphatic carbocycles. The van der Waals surface area contributed by atoms with Gasteiger partial charge >= 0.3 is 0 Å². The topological polar surface area (TPSA) is 74.2 Å². The van der Waals surface area contributed by atoms with Crippen molar-refractivity contribution in [3.63, 3.8) is 0 Å². The number of allylic oxidation sites excluding steroid dienone is 3. The number of ether oxygens (including phenoxy) is 2. The Labute approximate surface area is 326 Å². The SMILES string of the molecule is C=C1/C(=C\C=C2/CCC[C@]3(C)[C@@H]([C@H](C)C(O)CC(=O)CCC4(C5(C)OCCO5)CC4)CC[C@@H]23)C[C@@H](O[Si](C)(C)C(C)(C)C)C[C@@H]1O[Si](C)(C)C(C)(C)C. The van der Waals surface area contributed by atoms with Crippen molar-refractivity contribution in [3.8, 4) is 0 Å². The average molecular weight is 771 g/mol.